The Morgan fingerprint density at radius 1 is 0.633 bits per heavy atom. The average Bonchev–Trinajstić information content (AvgIpc) is 2.58. The maximum absolute atomic E-state index is 12.9. The Kier molecular flexibility index (Phi) is 12.3. The number of nitrogens with one attached hydrogen (secondary N) is 3. The summed E-state index contributed by atoms with van der Waals surface area (Å²) < 4.78 is 0. The molecule has 0 aliphatic carbocycles. The topological polar surface area (TPSA) is 151 Å². The number of carboxylic acid groups (broad SMARTS) is 1. The predicted octanol–water partition coefficient (Wildman–Crippen LogP) is 1.01. The van der Waals surface area contributed by atoms with Gasteiger partial charge in [0.25, 0.3) is 0 Å². The van der Waals surface area contributed by atoms with Crippen LogP contribution in [0.2, 0.25) is 0 Å². The maximum atomic E-state index is 12.9. The number of carbonyl (C=O) groups is 4. The first-order valence-electron chi connectivity index (χ1n) is 10.6. The van der Waals surface area contributed by atoms with Crippen LogP contribution < -0.4 is 21.7 Å². The van der Waals surface area contributed by atoms with Gasteiger partial charge in [0.05, 0.1) is 6.04 Å². The highest BCUT2D eigenvalue weighted by atomic mass is 16.4. The number of hydrogen-bond acceptors (Lipinski definition) is 5. The molecule has 0 aliphatic heterocycles. The Hall–Kier alpha value is -2.16. The van der Waals surface area contributed by atoms with Gasteiger partial charge >= 0.3 is 5.97 Å². The van der Waals surface area contributed by atoms with Crippen molar-refractivity contribution in [1.82, 2.24) is 16.0 Å². The van der Waals surface area contributed by atoms with Crippen LogP contribution in [0.15, 0.2) is 0 Å². The van der Waals surface area contributed by atoms with Gasteiger partial charge in [-0.15, -0.1) is 0 Å². The fraction of sp³-hybridized carbons (Fsp3) is 0.810. The molecule has 0 aromatic heterocycles. The molecule has 0 saturated carbocycles. The molecule has 4 unspecified atom stereocenters. The van der Waals surface area contributed by atoms with E-state index in [-0.39, 0.29) is 24.2 Å². The van der Waals surface area contributed by atoms with Gasteiger partial charge in [-0.25, -0.2) is 4.79 Å². The van der Waals surface area contributed by atoms with Crippen molar-refractivity contribution >= 4 is 23.7 Å². The minimum Gasteiger partial charge on any atom is -0.480 e. The molecule has 0 saturated heterocycles. The minimum atomic E-state index is -1.12. The number of hydrogen-bond donors (Lipinski definition) is 5. The molecule has 0 aromatic rings. The Balaban J connectivity index is 5.43. The van der Waals surface area contributed by atoms with Crippen molar-refractivity contribution in [3.63, 3.8) is 0 Å². The van der Waals surface area contributed by atoms with Crippen LogP contribution in [0.5, 0.6) is 0 Å². The van der Waals surface area contributed by atoms with Gasteiger partial charge in [-0.05, 0) is 43.9 Å². The Bertz CT molecular complexity index is 590. The molecule has 4 atom stereocenters. The molecule has 3 amide bonds. The Morgan fingerprint density at radius 2 is 0.933 bits per heavy atom. The molecular formula is C21H40N4O5. The molecule has 9 heteroatoms. The summed E-state index contributed by atoms with van der Waals surface area (Å²) in [5, 5.41) is 17.3. The van der Waals surface area contributed by atoms with Crippen LogP contribution >= 0.6 is 0 Å². The van der Waals surface area contributed by atoms with E-state index in [0.29, 0.717) is 12.8 Å². The monoisotopic (exact) mass is 428 g/mol. The summed E-state index contributed by atoms with van der Waals surface area (Å²) >= 11 is 0. The number of nitrogens with two attached hydrogens (primary N) is 1. The highest BCUT2D eigenvalue weighted by molar-refractivity contribution is 5.94. The van der Waals surface area contributed by atoms with E-state index in [9.17, 15) is 24.3 Å². The number of carboxylic acids is 1. The van der Waals surface area contributed by atoms with Crippen molar-refractivity contribution in [3.8, 4) is 0 Å². The van der Waals surface area contributed by atoms with Crippen molar-refractivity contribution in [2.24, 2.45) is 23.5 Å². The lowest BCUT2D eigenvalue weighted by atomic mass is 9.99. The number of amides is 3. The number of rotatable bonds is 13. The van der Waals surface area contributed by atoms with Gasteiger partial charge in [-0.3, -0.25) is 14.4 Å². The molecule has 0 fully saturated rings. The highest BCUT2D eigenvalue weighted by Gasteiger charge is 2.30. The summed E-state index contributed by atoms with van der Waals surface area (Å²) in [5.74, 6) is -2.34. The molecule has 0 rings (SSSR count). The lowest BCUT2D eigenvalue weighted by Gasteiger charge is -2.26. The smallest absolute Gasteiger partial charge is 0.326 e. The van der Waals surface area contributed by atoms with Crippen molar-refractivity contribution in [2.75, 3.05) is 0 Å². The van der Waals surface area contributed by atoms with Crippen LogP contribution in [0.4, 0.5) is 0 Å². The zero-order valence-corrected chi connectivity index (χ0v) is 19.3. The van der Waals surface area contributed by atoms with E-state index in [4.69, 9.17) is 5.73 Å². The van der Waals surface area contributed by atoms with E-state index in [1.165, 1.54) is 6.92 Å². The molecule has 174 valence electrons. The van der Waals surface area contributed by atoms with Gasteiger partial charge in [0.15, 0.2) is 0 Å². The molecule has 0 radical (unpaired) electrons. The molecule has 0 spiro atoms. The normalized spacial score (nSPS) is 15.4. The fourth-order valence-corrected chi connectivity index (χ4v) is 2.95. The first-order valence-corrected chi connectivity index (χ1v) is 10.6. The van der Waals surface area contributed by atoms with Crippen LogP contribution in [0.1, 0.15) is 67.7 Å². The first kappa shape index (κ1) is 27.8. The summed E-state index contributed by atoms with van der Waals surface area (Å²) in [7, 11) is 0. The van der Waals surface area contributed by atoms with E-state index in [0.717, 1.165) is 0 Å². The van der Waals surface area contributed by atoms with Crippen molar-refractivity contribution < 1.29 is 24.3 Å². The summed E-state index contributed by atoms with van der Waals surface area (Å²) in [4.78, 5) is 49.1. The van der Waals surface area contributed by atoms with Gasteiger partial charge in [0, 0.05) is 0 Å². The van der Waals surface area contributed by atoms with Crippen LogP contribution in [0.3, 0.4) is 0 Å². The van der Waals surface area contributed by atoms with E-state index in [2.05, 4.69) is 16.0 Å². The summed E-state index contributed by atoms with van der Waals surface area (Å²) in [6, 6.07) is -3.55. The SMILES string of the molecule is CC(C)CC(NC(=O)C(CC(C)C)NC(=O)C(CC(C)C)NC(=O)C(C)N)C(=O)O. The Labute approximate surface area is 179 Å². The van der Waals surface area contributed by atoms with Gasteiger partial charge in [0.1, 0.15) is 18.1 Å². The van der Waals surface area contributed by atoms with Crippen molar-refractivity contribution in [3.05, 3.63) is 0 Å². The lowest BCUT2D eigenvalue weighted by Crippen LogP contribution is -2.57. The van der Waals surface area contributed by atoms with Crippen LogP contribution in [0.25, 0.3) is 0 Å². The van der Waals surface area contributed by atoms with E-state index >= 15 is 0 Å². The van der Waals surface area contributed by atoms with E-state index < -0.39 is 47.9 Å². The average molecular weight is 429 g/mol. The third kappa shape index (κ3) is 11.1. The van der Waals surface area contributed by atoms with Gasteiger partial charge in [-0.1, -0.05) is 41.5 Å². The quantitative estimate of drug-likeness (QED) is 0.295. The largest absolute Gasteiger partial charge is 0.480 e. The van der Waals surface area contributed by atoms with Crippen molar-refractivity contribution in [2.45, 2.75) is 91.9 Å². The van der Waals surface area contributed by atoms with Crippen LogP contribution in [-0.2, 0) is 19.2 Å². The second kappa shape index (κ2) is 13.2. The molecule has 0 aromatic carbocycles. The Morgan fingerprint density at radius 3 is 1.23 bits per heavy atom. The molecule has 0 aliphatic rings. The van der Waals surface area contributed by atoms with Gasteiger partial charge in [-0.2, -0.15) is 0 Å². The van der Waals surface area contributed by atoms with Gasteiger partial charge < -0.3 is 26.8 Å². The predicted molar refractivity (Wildman–Crippen MR) is 115 cm³/mol. The van der Waals surface area contributed by atoms with Crippen molar-refractivity contribution in [1.29, 1.82) is 0 Å². The second-order valence-corrected chi connectivity index (χ2v) is 9.20. The molecular weight excluding hydrogens is 388 g/mol. The molecule has 0 bridgehead atoms. The number of carbonyl (C=O) groups excluding carboxylic acids is 3. The zero-order chi connectivity index (χ0) is 23.6. The molecule has 9 nitrogen and oxygen atoms in total. The summed E-state index contributed by atoms with van der Waals surface area (Å²) in [6.07, 6.45) is 0.997. The summed E-state index contributed by atoms with van der Waals surface area (Å²) in [5.41, 5.74) is 5.59. The van der Waals surface area contributed by atoms with Crippen LogP contribution in [-0.4, -0.2) is 53.0 Å². The van der Waals surface area contributed by atoms with Gasteiger partial charge in [0.2, 0.25) is 17.7 Å². The molecule has 30 heavy (non-hydrogen) atoms. The standard InChI is InChI=1S/C21H40N4O5/c1-11(2)8-15(23-18(26)14(7)22)19(27)24-16(9-12(3)4)20(28)25-17(21(29)30)10-13(5)6/h11-17H,8-10,22H2,1-7H3,(H,23,26)(H,24,27)(H,25,28)(H,29,30). The lowest BCUT2D eigenvalue weighted by molar-refractivity contribution is -0.143. The van der Waals surface area contributed by atoms with E-state index in [1.54, 1.807) is 0 Å². The minimum absolute atomic E-state index is 0.0772. The first-order chi connectivity index (χ1) is 13.7. The summed E-state index contributed by atoms with van der Waals surface area (Å²) in [6.45, 7) is 12.9. The van der Waals surface area contributed by atoms with Crippen LogP contribution in [0, 0.1) is 17.8 Å². The second-order valence-electron chi connectivity index (χ2n) is 9.20. The molecule has 0 heterocycles. The zero-order valence-electron chi connectivity index (χ0n) is 19.3. The maximum Gasteiger partial charge on any atom is 0.326 e. The van der Waals surface area contributed by atoms with E-state index in [1.807, 2.05) is 41.5 Å². The fourth-order valence-electron chi connectivity index (χ4n) is 2.95. The number of aliphatic carboxylic acids is 1. The molecule has 6 N–H and O–H groups in total. The third-order valence-electron chi connectivity index (χ3n) is 4.42. The third-order valence-corrected chi connectivity index (χ3v) is 4.42. The highest BCUT2D eigenvalue weighted by Crippen LogP contribution is 2.11.